The largest absolute Gasteiger partial charge is 0.350 e. The summed E-state index contributed by atoms with van der Waals surface area (Å²) in [6.45, 7) is 9.00. The lowest BCUT2D eigenvalue weighted by molar-refractivity contribution is 0.920. The Morgan fingerprint density at radius 1 is 1.36 bits per heavy atom. The highest BCUT2D eigenvalue weighted by molar-refractivity contribution is 5.83. The lowest BCUT2D eigenvalue weighted by Gasteiger charge is -2.04. The summed E-state index contributed by atoms with van der Waals surface area (Å²) >= 11 is 0. The van der Waals surface area contributed by atoms with E-state index in [9.17, 15) is 0 Å². The smallest absolute Gasteiger partial charge is 0.248 e. The van der Waals surface area contributed by atoms with Crippen molar-refractivity contribution in [1.82, 2.24) is 4.57 Å². The van der Waals surface area contributed by atoms with Gasteiger partial charge in [0.05, 0.1) is 11.1 Å². The SMILES string of the molecule is [C-]#[N+]C(C)c1cccc2ccn(C)c12. The first-order valence-electron chi connectivity index (χ1n) is 4.64. The normalized spacial score (nSPS) is 12.6. The van der Waals surface area contributed by atoms with E-state index in [2.05, 4.69) is 21.5 Å². The number of rotatable bonds is 1. The molecule has 1 aromatic heterocycles. The Kier molecular flexibility index (Phi) is 2.01. The van der Waals surface area contributed by atoms with Crippen LogP contribution in [-0.4, -0.2) is 4.57 Å². The predicted molar refractivity (Wildman–Crippen MR) is 57.9 cm³/mol. The van der Waals surface area contributed by atoms with E-state index in [-0.39, 0.29) is 6.04 Å². The maximum absolute atomic E-state index is 7.06. The third kappa shape index (κ3) is 1.18. The number of aryl methyl sites for hydroxylation is 1. The molecule has 2 rings (SSSR count). The van der Waals surface area contributed by atoms with Crippen LogP contribution in [0, 0.1) is 6.57 Å². The minimum absolute atomic E-state index is 0.0627. The van der Waals surface area contributed by atoms with E-state index < -0.39 is 0 Å². The van der Waals surface area contributed by atoms with Gasteiger partial charge in [-0.1, -0.05) is 12.1 Å². The molecule has 1 unspecified atom stereocenters. The van der Waals surface area contributed by atoms with Crippen molar-refractivity contribution in [2.45, 2.75) is 13.0 Å². The van der Waals surface area contributed by atoms with E-state index in [1.807, 2.05) is 32.3 Å². The number of aromatic nitrogens is 1. The maximum Gasteiger partial charge on any atom is 0.248 e. The third-order valence-corrected chi connectivity index (χ3v) is 2.57. The van der Waals surface area contributed by atoms with Gasteiger partial charge in [0.15, 0.2) is 0 Å². The van der Waals surface area contributed by atoms with Crippen molar-refractivity contribution in [3.05, 3.63) is 47.4 Å². The van der Waals surface area contributed by atoms with Crippen molar-refractivity contribution in [2.75, 3.05) is 0 Å². The fraction of sp³-hybridized carbons (Fsp3) is 0.250. The Balaban J connectivity index is 2.76. The maximum atomic E-state index is 7.06. The van der Waals surface area contributed by atoms with Crippen LogP contribution in [0.1, 0.15) is 18.5 Å². The van der Waals surface area contributed by atoms with Crippen LogP contribution < -0.4 is 0 Å². The number of hydrogen-bond acceptors (Lipinski definition) is 0. The Bertz CT molecular complexity index is 503. The Labute approximate surface area is 83.6 Å². The zero-order valence-corrected chi connectivity index (χ0v) is 8.36. The Hall–Kier alpha value is -1.75. The number of para-hydroxylation sites is 1. The van der Waals surface area contributed by atoms with Crippen molar-refractivity contribution >= 4 is 10.9 Å². The van der Waals surface area contributed by atoms with Gasteiger partial charge < -0.3 is 9.41 Å². The molecule has 0 aliphatic rings. The molecule has 14 heavy (non-hydrogen) atoms. The van der Waals surface area contributed by atoms with Gasteiger partial charge in [0.1, 0.15) is 0 Å². The van der Waals surface area contributed by atoms with Gasteiger partial charge in [-0.3, -0.25) is 0 Å². The zero-order chi connectivity index (χ0) is 10.1. The van der Waals surface area contributed by atoms with Crippen LogP contribution >= 0.6 is 0 Å². The molecule has 0 saturated heterocycles. The molecule has 0 bridgehead atoms. The van der Waals surface area contributed by atoms with Gasteiger partial charge in [-0.2, -0.15) is 0 Å². The van der Waals surface area contributed by atoms with Crippen LogP contribution in [0.2, 0.25) is 0 Å². The van der Waals surface area contributed by atoms with E-state index in [1.54, 1.807) is 0 Å². The number of hydrogen-bond donors (Lipinski definition) is 0. The predicted octanol–water partition coefficient (Wildman–Crippen LogP) is 3.16. The van der Waals surface area contributed by atoms with E-state index in [0.29, 0.717) is 0 Å². The first kappa shape index (κ1) is 8.83. The van der Waals surface area contributed by atoms with Crippen molar-refractivity contribution in [1.29, 1.82) is 0 Å². The van der Waals surface area contributed by atoms with E-state index in [0.717, 1.165) is 5.56 Å². The summed E-state index contributed by atoms with van der Waals surface area (Å²) in [6, 6.07) is 8.14. The van der Waals surface area contributed by atoms with E-state index in [4.69, 9.17) is 6.57 Å². The van der Waals surface area contributed by atoms with Crippen molar-refractivity contribution in [3.63, 3.8) is 0 Å². The molecule has 2 aromatic rings. The minimum Gasteiger partial charge on any atom is -0.350 e. The molecular weight excluding hydrogens is 172 g/mol. The van der Waals surface area contributed by atoms with Crippen LogP contribution in [0.3, 0.4) is 0 Å². The molecule has 0 N–H and O–H groups in total. The molecule has 2 heteroatoms. The van der Waals surface area contributed by atoms with Crippen LogP contribution in [0.4, 0.5) is 0 Å². The second-order valence-corrected chi connectivity index (χ2v) is 3.52. The average Bonchev–Trinajstić information content (AvgIpc) is 2.59. The summed E-state index contributed by atoms with van der Waals surface area (Å²) in [6.07, 6.45) is 2.03. The quantitative estimate of drug-likeness (QED) is 0.602. The molecule has 0 saturated carbocycles. The van der Waals surface area contributed by atoms with Crippen LogP contribution in [0.5, 0.6) is 0 Å². The molecule has 1 aromatic carbocycles. The fourth-order valence-corrected chi connectivity index (χ4v) is 1.80. The van der Waals surface area contributed by atoms with Crippen molar-refractivity contribution in [3.8, 4) is 0 Å². The molecule has 1 heterocycles. The summed E-state index contributed by atoms with van der Waals surface area (Å²) in [5, 5.41) is 1.21. The fourth-order valence-electron chi connectivity index (χ4n) is 1.80. The molecule has 0 radical (unpaired) electrons. The average molecular weight is 184 g/mol. The molecule has 0 fully saturated rings. The first-order chi connectivity index (χ1) is 6.74. The second-order valence-electron chi connectivity index (χ2n) is 3.52. The zero-order valence-electron chi connectivity index (χ0n) is 8.36. The van der Waals surface area contributed by atoms with Gasteiger partial charge in [-0.15, -0.1) is 0 Å². The second kappa shape index (κ2) is 3.19. The first-order valence-corrected chi connectivity index (χ1v) is 4.64. The molecular formula is C12H12N2. The molecule has 0 aliphatic heterocycles. The monoisotopic (exact) mass is 184 g/mol. The van der Waals surface area contributed by atoms with Crippen LogP contribution in [-0.2, 0) is 7.05 Å². The van der Waals surface area contributed by atoms with Gasteiger partial charge in [-0.25, -0.2) is 6.57 Å². The van der Waals surface area contributed by atoms with Gasteiger partial charge >= 0.3 is 0 Å². The van der Waals surface area contributed by atoms with Gasteiger partial charge in [0.25, 0.3) is 0 Å². The van der Waals surface area contributed by atoms with Crippen molar-refractivity contribution < 1.29 is 0 Å². The summed E-state index contributed by atoms with van der Waals surface area (Å²) in [5.74, 6) is 0. The highest BCUT2D eigenvalue weighted by Crippen LogP contribution is 2.26. The summed E-state index contributed by atoms with van der Waals surface area (Å²) < 4.78 is 2.08. The topological polar surface area (TPSA) is 9.29 Å². The molecule has 2 nitrogen and oxygen atoms in total. The molecule has 0 aliphatic carbocycles. The summed E-state index contributed by atoms with van der Waals surface area (Å²) in [7, 11) is 2.02. The number of nitrogens with zero attached hydrogens (tertiary/aromatic N) is 2. The Morgan fingerprint density at radius 3 is 2.86 bits per heavy atom. The number of fused-ring (bicyclic) bond motifs is 1. The van der Waals surface area contributed by atoms with E-state index in [1.165, 1.54) is 10.9 Å². The minimum atomic E-state index is -0.0627. The highest BCUT2D eigenvalue weighted by atomic mass is 14.9. The third-order valence-electron chi connectivity index (χ3n) is 2.57. The molecule has 0 amide bonds. The summed E-state index contributed by atoms with van der Waals surface area (Å²) in [5.41, 5.74) is 2.29. The van der Waals surface area contributed by atoms with E-state index >= 15 is 0 Å². The molecule has 1 atom stereocenters. The highest BCUT2D eigenvalue weighted by Gasteiger charge is 2.13. The lowest BCUT2D eigenvalue weighted by atomic mass is 10.1. The van der Waals surface area contributed by atoms with Crippen LogP contribution in [0.15, 0.2) is 30.5 Å². The number of benzene rings is 1. The van der Waals surface area contributed by atoms with Gasteiger partial charge in [0.2, 0.25) is 6.04 Å². The van der Waals surface area contributed by atoms with Crippen molar-refractivity contribution in [2.24, 2.45) is 7.05 Å². The standard InChI is InChI=1S/C12H12N2/c1-9(13-2)11-6-4-5-10-7-8-14(3)12(10)11/h4-9H,1,3H3. The molecule has 70 valence electrons. The van der Waals surface area contributed by atoms with Gasteiger partial charge in [-0.05, 0) is 12.1 Å². The van der Waals surface area contributed by atoms with Gasteiger partial charge in [0, 0.05) is 25.6 Å². The summed E-state index contributed by atoms with van der Waals surface area (Å²) in [4.78, 5) is 3.57. The molecule has 0 spiro atoms. The Morgan fingerprint density at radius 2 is 2.14 bits per heavy atom. The van der Waals surface area contributed by atoms with Crippen LogP contribution in [0.25, 0.3) is 15.7 Å². The lowest BCUT2D eigenvalue weighted by Crippen LogP contribution is -1.93.